The summed E-state index contributed by atoms with van der Waals surface area (Å²) in [5, 5.41) is 2.26. The van der Waals surface area contributed by atoms with Crippen LogP contribution >= 0.6 is 0 Å². The van der Waals surface area contributed by atoms with Crippen molar-refractivity contribution in [2.24, 2.45) is 0 Å². The lowest BCUT2D eigenvalue weighted by atomic mass is 10.3. The molecule has 0 aliphatic carbocycles. The first-order valence-corrected chi connectivity index (χ1v) is 9.99. The second-order valence-corrected chi connectivity index (χ2v) is 10.1. The number of para-hydroxylation sites is 1. The van der Waals surface area contributed by atoms with Crippen LogP contribution in [0.4, 0.5) is 0 Å². The predicted molar refractivity (Wildman–Crippen MR) is 89.4 cm³/mol. The summed E-state index contributed by atoms with van der Waals surface area (Å²) in [4.78, 5) is 12.0. The van der Waals surface area contributed by atoms with Crippen molar-refractivity contribution in [3.63, 3.8) is 0 Å². The van der Waals surface area contributed by atoms with Crippen LogP contribution in [0.3, 0.4) is 0 Å². The Morgan fingerprint density at radius 2 is 1.52 bits per heavy atom. The van der Waals surface area contributed by atoms with E-state index < -0.39 is 8.07 Å². The van der Waals surface area contributed by atoms with Gasteiger partial charge >= 0.3 is 5.97 Å². The summed E-state index contributed by atoms with van der Waals surface area (Å²) in [6.07, 6.45) is 0.267. The zero-order chi connectivity index (χ0) is 15.3. The fourth-order valence-electron chi connectivity index (χ4n) is 2.11. The lowest BCUT2D eigenvalue weighted by Crippen LogP contribution is -2.44. The predicted octanol–water partition coefficient (Wildman–Crippen LogP) is 3.69. The van der Waals surface area contributed by atoms with Gasteiger partial charge in [0.15, 0.2) is 0 Å². The second-order valence-electron chi connectivity index (χ2n) is 5.56. The third kappa shape index (κ3) is 3.92. The maximum atomic E-state index is 12.0. The Morgan fingerprint density at radius 3 is 2.10 bits per heavy atom. The molecule has 0 bridgehead atoms. The highest BCUT2D eigenvalue weighted by molar-refractivity contribution is 6.95. The maximum absolute atomic E-state index is 12.0. The minimum absolute atomic E-state index is 0.247. The Morgan fingerprint density at radius 1 is 1.00 bits per heavy atom. The standard InChI is InChI=1S/C18H20O2Si/c1-15(21(2,3)17-12-8-5-9-13-17)14-18(19)20-16-10-6-4-7-11-16/h4-13H,1,14H2,2-3H3. The van der Waals surface area contributed by atoms with E-state index in [1.165, 1.54) is 5.19 Å². The molecule has 0 radical (unpaired) electrons. The summed E-state index contributed by atoms with van der Waals surface area (Å²) in [6.45, 7) is 8.56. The molecule has 0 fully saturated rings. The Balaban J connectivity index is 2.02. The zero-order valence-corrected chi connectivity index (χ0v) is 13.5. The number of hydrogen-bond acceptors (Lipinski definition) is 2. The van der Waals surface area contributed by atoms with Gasteiger partial charge in [0, 0.05) is 0 Å². The fourth-order valence-corrected chi connectivity index (χ4v) is 4.13. The van der Waals surface area contributed by atoms with Gasteiger partial charge in [-0.05, 0) is 12.1 Å². The largest absolute Gasteiger partial charge is 0.426 e. The molecule has 2 aromatic rings. The van der Waals surface area contributed by atoms with E-state index in [0.717, 1.165) is 5.20 Å². The quantitative estimate of drug-likeness (QED) is 0.478. The van der Waals surface area contributed by atoms with Crippen molar-refractivity contribution in [2.75, 3.05) is 0 Å². The molecule has 0 aliphatic heterocycles. The van der Waals surface area contributed by atoms with Crippen molar-refractivity contribution >= 4 is 19.2 Å². The summed E-state index contributed by atoms with van der Waals surface area (Å²) in [5.74, 6) is 0.331. The first-order valence-electron chi connectivity index (χ1n) is 6.99. The van der Waals surface area contributed by atoms with Crippen molar-refractivity contribution < 1.29 is 9.53 Å². The zero-order valence-electron chi connectivity index (χ0n) is 12.5. The molecular weight excluding hydrogens is 276 g/mol. The molecule has 2 rings (SSSR count). The van der Waals surface area contributed by atoms with Gasteiger partial charge in [-0.1, -0.05) is 72.0 Å². The van der Waals surface area contributed by atoms with Crippen molar-refractivity contribution in [1.82, 2.24) is 0 Å². The summed E-state index contributed by atoms with van der Waals surface area (Å²) in [5.41, 5.74) is 0. The van der Waals surface area contributed by atoms with Gasteiger partial charge in [0.25, 0.3) is 0 Å². The molecule has 0 N–H and O–H groups in total. The van der Waals surface area contributed by atoms with E-state index in [4.69, 9.17) is 4.74 Å². The number of rotatable bonds is 5. The normalized spacial score (nSPS) is 11.0. The molecule has 0 saturated carbocycles. The van der Waals surface area contributed by atoms with Gasteiger partial charge in [-0.2, -0.15) is 0 Å². The highest BCUT2D eigenvalue weighted by atomic mass is 28.3. The summed E-state index contributed by atoms with van der Waals surface area (Å²) < 4.78 is 5.34. The minimum atomic E-state index is -1.86. The van der Waals surface area contributed by atoms with Crippen LogP contribution in [0.2, 0.25) is 13.1 Å². The van der Waals surface area contributed by atoms with Crippen molar-refractivity contribution in [1.29, 1.82) is 0 Å². The van der Waals surface area contributed by atoms with Crippen LogP contribution < -0.4 is 9.92 Å². The average molecular weight is 296 g/mol. The SMILES string of the molecule is C=C(CC(=O)Oc1ccccc1)[Si](C)(C)c1ccccc1. The molecule has 0 saturated heterocycles. The Hall–Kier alpha value is -2.13. The van der Waals surface area contributed by atoms with Crippen LogP contribution in [0.1, 0.15) is 6.42 Å². The highest BCUT2D eigenvalue weighted by Gasteiger charge is 2.28. The summed E-state index contributed by atoms with van der Waals surface area (Å²) >= 11 is 0. The molecular formula is C18H20O2Si. The van der Waals surface area contributed by atoms with Gasteiger partial charge in [-0.25, -0.2) is 0 Å². The van der Waals surface area contributed by atoms with E-state index in [1.54, 1.807) is 12.1 Å². The number of hydrogen-bond donors (Lipinski definition) is 0. The smallest absolute Gasteiger partial charge is 0.314 e. The van der Waals surface area contributed by atoms with Gasteiger partial charge in [-0.3, -0.25) is 4.79 Å². The molecule has 0 amide bonds. The molecule has 0 unspecified atom stereocenters. The summed E-state index contributed by atoms with van der Waals surface area (Å²) in [6, 6.07) is 19.4. The van der Waals surface area contributed by atoms with Crippen molar-refractivity contribution in [3.05, 3.63) is 72.4 Å². The molecule has 0 aliphatic rings. The van der Waals surface area contributed by atoms with Gasteiger partial charge in [0.2, 0.25) is 0 Å². The minimum Gasteiger partial charge on any atom is -0.426 e. The second kappa shape index (κ2) is 6.55. The molecule has 2 aromatic carbocycles. The molecule has 2 nitrogen and oxygen atoms in total. The maximum Gasteiger partial charge on any atom is 0.314 e. The number of benzene rings is 2. The Bertz CT molecular complexity index is 618. The first kappa shape index (κ1) is 15.3. The van der Waals surface area contributed by atoms with Crippen LogP contribution in [-0.2, 0) is 4.79 Å². The fraction of sp³-hybridized carbons (Fsp3) is 0.167. The van der Waals surface area contributed by atoms with Crippen LogP contribution in [-0.4, -0.2) is 14.0 Å². The van der Waals surface area contributed by atoms with Crippen LogP contribution in [0.25, 0.3) is 0 Å². The van der Waals surface area contributed by atoms with Crippen molar-refractivity contribution in [3.8, 4) is 5.75 Å². The van der Waals surface area contributed by atoms with E-state index in [0.29, 0.717) is 5.75 Å². The lowest BCUT2D eigenvalue weighted by Gasteiger charge is -2.25. The van der Waals surface area contributed by atoms with E-state index in [-0.39, 0.29) is 12.4 Å². The highest BCUT2D eigenvalue weighted by Crippen LogP contribution is 2.18. The topological polar surface area (TPSA) is 26.3 Å². The van der Waals surface area contributed by atoms with E-state index in [2.05, 4.69) is 31.8 Å². The third-order valence-electron chi connectivity index (χ3n) is 3.71. The lowest BCUT2D eigenvalue weighted by molar-refractivity contribution is -0.133. The molecule has 21 heavy (non-hydrogen) atoms. The van der Waals surface area contributed by atoms with Crippen LogP contribution in [0, 0.1) is 0 Å². The third-order valence-corrected chi connectivity index (χ3v) is 7.43. The van der Waals surface area contributed by atoms with E-state index in [9.17, 15) is 4.79 Å². The molecule has 0 spiro atoms. The van der Waals surface area contributed by atoms with E-state index >= 15 is 0 Å². The van der Waals surface area contributed by atoms with Gasteiger partial charge in [0.05, 0.1) is 6.42 Å². The molecule has 108 valence electrons. The van der Waals surface area contributed by atoms with Gasteiger partial charge < -0.3 is 4.74 Å². The molecule has 0 atom stereocenters. The molecule has 0 heterocycles. The van der Waals surface area contributed by atoms with Crippen LogP contribution in [0.5, 0.6) is 5.75 Å². The summed E-state index contributed by atoms with van der Waals surface area (Å²) in [7, 11) is -1.86. The molecule has 3 heteroatoms. The van der Waals surface area contributed by atoms with Crippen LogP contribution in [0.15, 0.2) is 72.4 Å². The number of carbonyl (C=O) groups excluding carboxylic acids is 1. The van der Waals surface area contributed by atoms with E-state index in [1.807, 2.05) is 36.4 Å². The monoisotopic (exact) mass is 296 g/mol. The van der Waals surface area contributed by atoms with Gasteiger partial charge in [-0.15, -0.1) is 6.58 Å². The van der Waals surface area contributed by atoms with Gasteiger partial charge in [0.1, 0.15) is 13.8 Å². The Labute approximate surface area is 127 Å². The molecule has 0 aromatic heterocycles. The first-order chi connectivity index (χ1) is 10.00. The number of carbonyl (C=O) groups is 1. The Kier molecular flexibility index (Phi) is 4.76. The number of ether oxygens (including phenoxy) is 1. The number of esters is 1. The van der Waals surface area contributed by atoms with Crippen molar-refractivity contribution in [2.45, 2.75) is 19.5 Å². The average Bonchev–Trinajstić information content (AvgIpc) is 2.49.